The maximum atomic E-state index is 13.1. The van der Waals surface area contributed by atoms with Gasteiger partial charge in [0.15, 0.2) is 11.5 Å². The number of methoxy groups -OCH3 is 1. The maximum absolute atomic E-state index is 13.1. The fraction of sp³-hybridized carbons (Fsp3) is 0.333. The van der Waals surface area contributed by atoms with Crippen molar-refractivity contribution in [1.29, 1.82) is 0 Å². The van der Waals surface area contributed by atoms with Gasteiger partial charge in [-0.15, -0.1) is 0 Å². The number of hydrogen-bond acceptors (Lipinski definition) is 4. The van der Waals surface area contributed by atoms with Crippen LogP contribution in [0.5, 0.6) is 11.5 Å². The highest BCUT2D eigenvalue weighted by Gasteiger charge is 2.21. The van der Waals surface area contributed by atoms with Crippen LogP contribution >= 0.6 is 0 Å². The van der Waals surface area contributed by atoms with Gasteiger partial charge in [0.2, 0.25) is 0 Å². The molecule has 0 saturated heterocycles. The first-order valence-electron chi connectivity index (χ1n) is 12.5. The molecule has 6 nitrogen and oxygen atoms in total. The number of carbonyl (C=O) groups is 2. The lowest BCUT2D eigenvalue weighted by atomic mass is 10.1. The molecule has 0 aliphatic carbocycles. The van der Waals surface area contributed by atoms with Gasteiger partial charge in [-0.05, 0) is 62.2 Å². The Balaban J connectivity index is 1.86. The molecule has 0 unspecified atom stereocenters. The van der Waals surface area contributed by atoms with Crippen molar-refractivity contribution in [1.82, 2.24) is 10.6 Å². The SMILES string of the molecule is CCCCCCOc1cc(C(NC(=O)c2ccc(C)cc2)NC(=O)c2ccc(C)cc2)ccc1OC. The third-order valence-electron chi connectivity index (χ3n) is 5.95. The molecule has 0 aliphatic heterocycles. The summed E-state index contributed by atoms with van der Waals surface area (Å²) >= 11 is 0. The van der Waals surface area contributed by atoms with Crippen molar-refractivity contribution in [2.24, 2.45) is 0 Å². The minimum absolute atomic E-state index is 0.290. The number of unbranched alkanes of at least 4 members (excludes halogenated alkanes) is 3. The molecule has 0 aromatic heterocycles. The number of nitrogens with one attached hydrogen (secondary N) is 2. The second kappa shape index (κ2) is 13.3. The largest absolute Gasteiger partial charge is 0.493 e. The lowest BCUT2D eigenvalue weighted by Gasteiger charge is -2.22. The summed E-state index contributed by atoms with van der Waals surface area (Å²) in [6, 6.07) is 20.0. The molecule has 190 valence electrons. The van der Waals surface area contributed by atoms with Crippen LogP contribution in [-0.2, 0) is 0 Å². The van der Waals surface area contributed by atoms with Crippen molar-refractivity contribution in [2.45, 2.75) is 52.6 Å². The summed E-state index contributed by atoms with van der Waals surface area (Å²) in [6.07, 6.45) is 3.58. The molecule has 0 heterocycles. The quantitative estimate of drug-likeness (QED) is 0.238. The molecule has 0 atom stereocenters. The number of amides is 2. The summed E-state index contributed by atoms with van der Waals surface area (Å²) in [5.74, 6) is 0.595. The van der Waals surface area contributed by atoms with Gasteiger partial charge in [0.25, 0.3) is 11.8 Å². The Morgan fingerprint density at radius 1 is 0.750 bits per heavy atom. The summed E-state index contributed by atoms with van der Waals surface area (Å²) < 4.78 is 11.5. The van der Waals surface area contributed by atoms with Crippen LogP contribution in [0, 0.1) is 13.8 Å². The topological polar surface area (TPSA) is 76.7 Å². The van der Waals surface area contributed by atoms with E-state index in [0.29, 0.717) is 34.8 Å². The van der Waals surface area contributed by atoms with E-state index in [1.54, 1.807) is 37.4 Å². The average molecular weight is 489 g/mol. The van der Waals surface area contributed by atoms with Gasteiger partial charge in [0.1, 0.15) is 6.17 Å². The van der Waals surface area contributed by atoms with Crippen LogP contribution in [0.15, 0.2) is 66.7 Å². The molecule has 3 rings (SSSR count). The van der Waals surface area contributed by atoms with E-state index in [4.69, 9.17) is 9.47 Å². The van der Waals surface area contributed by atoms with Gasteiger partial charge in [-0.1, -0.05) is 67.6 Å². The predicted octanol–water partition coefficient (Wildman–Crippen LogP) is 6.13. The normalized spacial score (nSPS) is 10.7. The first kappa shape index (κ1) is 26.8. The van der Waals surface area contributed by atoms with Crippen molar-refractivity contribution in [3.05, 3.63) is 94.5 Å². The Labute approximate surface area is 214 Å². The number of ether oxygens (including phenoxy) is 2. The predicted molar refractivity (Wildman–Crippen MR) is 143 cm³/mol. The minimum atomic E-state index is -0.777. The molecule has 3 aromatic carbocycles. The van der Waals surface area contributed by atoms with Gasteiger partial charge in [-0.25, -0.2) is 0 Å². The fourth-order valence-corrected chi connectivity index (χ4v) is 3.74. The second-order valence-corrected chi connectivity index (χ2v) is 8.93. The first-order valence-corrected chi connectivity index (χ1v) is 12.5. The Morgan fingerprint density at radius 2 is 1.31 bits per heavy atom. The van der Waals surface area contributed by atoms with Gasteiger partial charge in [0, 0.05) is 11.1 Å². The number of benzene rings is 3. The Hall–Kier alpha value is -3.80. The molecule has 6 heteroatoms. The van der Waals surface area contributed by atoms with Crippen molar-refractivity contribution in [3.8, 4) is 11.5 Å². The molecule has 0 spiro atoms. The Bertz CT molecular complexity index is 1080. The van der Waals surface area contributed by atoms with E-state index < -0.39 is 6.17 Å². The summed E-state index contributed by atoms with van der Waals surface area (Å²) in [7, 11) is 1.59. The number of carbonyl (C=O) groups excluding carboxylic acids is 2. The van der Waals surface area contributed by atoms with Crippen molar-refractivity contribution >= 4 is 11.8 Å². The lowest BCUT2D eigenvalue weighted by Crippen LogP contribution is -2.41. The van der Waals surface area contributed by atoms with Gasteiger partial charge in [-0.2, -0.15) is 0 Å². The molecule has 36 heavy (non-hydrogen) atoms. The zero-order valence-electron chi connectivity index (χ0n) is 21.6. The highest BCUT2D eigenvalue weighted by atomic mass is 16.5. The molecule has 0 bridgehead atoms. The molecule has 3 aromatic rings. The molecule has 0 fully saturated rings. The van der Waals surface area contributed by atoms with Crippen LogP contribution in [0.4, 0.5) is 0 Å². The summed E-state index contributed by atoms with van der Waals surface area (Å²) in [6.45, 7) is 6.67. The molecule has 0 aliphatic rings. The molecular formula is C30H36N2O4. The number of aryl methyl sites for hydroxylation is 2. The second-order valence-electron chi connectivity index (χ2n) is 8.93. The first-order chi connectivity index (χ1) is 17.4. The highest BCUT2D eigenvalue weighted by molar-refractivity contribution is 5.96. The number of hydrogen-bond donors (Lipinski definition) is 2. The molecule has 2 amide bonds. The minimum Gasteiger partial charge on any atom is -0.493 e. The molecular weight excluding hydrogens is 452 g/mol. The summed E-state index contributed by atoms with van der Waals surface area (Å²) in [5, 5.41) is 5.93. The summed E-state index contributed by atoms with van der Waals surface area (Å²) in [5.41, 5.74) is 3.82. The van der Waals surface area contributed by atoms with E-state index in [-0.39, 0.29) is 11.8 Å². The maximum Gasteiger partial charge on any atom is 0.253 e. The van der Waals surface area contributed by atoms with Crippen molar-refractivity contribution < 1.29 is 19.1 Å². The summed E-state index contributed by atoms with van der Waals surface area (Å²) in [4.78, 5) is 26.1. The molecule has 0 saturated carbocycles. The number of rotatable bonds is 12. The Kier molecular flexibility index (Phi) is 9.92. The third-order valence-corrected chi connectivity index (χ3v) is 5.95. The van der Waals surface area contributed by atoms with Crippen LogP contribution in [0.1, 0.15) is 76.2 Å². The molecule has 0 radical (unpaired) electrons. The zero-order valence-corrected chi connectivity index (χ0v) is 21.6. The van der Waals surface area contributed by atoms with E-state index in [2.05, 4.69) is 17.6 Å². The Morgan fingerprint density at radius 3 is 1.81 bits per heavy atom. The van der Waals surface area contributed by atoms with Crippen LogP contribution in [0.3, 0.4) is 0 Å². The molecule has 2 N–H and O–H groups in total. The third kappa shape index (κ3) is 7.60. The highest BCUT2D eigenvalue weighted by Crippen LogP contribution is 2.30. The van der Waals surface area contributed by atoms with Crippen LogP contribution < -0.4 is 20.1 Å². The van der Waals surface area contributed by atoms with E-state index in [9.17, 15) is 9.59 Å². The van der Waals surface area contributed by atoms with E-state index in [1.165, 1.54) is 6.42 Å². The van der Waals surface area contributed by atoms with Crippen LogP contribution in [0.2, 0.25) is 0 Å². The van der Waals surface area contributed by atoms with E-state index in [0.717, 1.165) is 30.4 Å². The monoisotopic (exact) mass is 488 g/mol. The van der Waals surface area contributed by atoms with Gasteiger partial charge >= 0.3 is 0 Å². The van der Waals surface area contributed by atoms with E-state index in [1.807, 2.05) is 50.2 Å². The zero-order chi connectivity index (χ0) is 25.9. The van der Waals surface area contributed by atoms with Crippen molar-refractivity contribution in [2.75, 3.05) is 13.7 Å². The van der Waals surface area contributed by atoms with Gasteiger partial charge in [-0.3, -0.25) is 9.59 Å². The van der Waals surface area contributed by atoms with E-state index >= 15 is 0 Å². The lowest BCUT2D eigenvalue weighted by molar-refractivity contribution is 0.0883. The smallest absolute Gasteiger partial charge is 0.253 e. The van der Waals surface area contributed by atoms with Gasteiger partial charge in [0.05, 0.1) is 13.7 Å². The van der Waals surface area contributed by atoms with Crippen molar-refractivity contribution in [3.63, 3.8) is 0 Å². The average Bonchev–Trinajstić information content (AvgIpc) is 2.88. The van der Waals surface area contributed by atoms with Gasteiger partial charge < -0.3 is 20.1 Å². The fourth-order valence-electron chi connectivity index (χ4n) is 3.74. The van der Waals surface area contributed by atoms with Crippen LogP contribution in [-0.4, -0.2) is 25.5 Å². The standard InChI is InChI=1S/C30H36N2O4/c1-5-6-7-8-19-36-27-20-25(17-18-26(27)35-4)28(31-29(33)23-13-9-21(2)10-14-23)32-30(34)24-15-11-22(3)12-16-24/h9-18,20,28H,5-8,19H2,1-4H3,(H,31,33)(H,32,34). The van der Waals surface area contributed by atoms with Crippen LogP contribution in [0.25, 0.3) is 0 Å².